The van der Waals surface area contributed by atoms with E-state index in [-0.39, 0.29) is 11.9 Å². The van der Waals surface area contributed by atoms with E-state index in [1.54, 1.807) is 6.33 Å². The van der Waals surface area contributed by atoms with Crippen LogP contribution in [-0.4, -0.2) is 39.4 Å². The molecule has 2 aliphatic rings. The van der Waals surface area contributed by atoms with Crippen molar-refractivity contribution in [2.45, 2.75) is 51.7 Å². The van der Waals surface area contributed by atoms with Gasteiger partial charge in [-0.2, -0.15) is 0 Å². The highest BCUT2D eigenvalue weighted by Gasteiger charge is 2.33. The lowest BCUT2D eigenvalue weighted by Crippen LogP contribution is -2.54. The molecule has 0 radical (unpaired) electrons. The van der Waals surface area contributed by atoms with E-state index in [9.17, 15) is 4.79 Å². The number of imidazole rings is 1. The summed E-state index contributed by atoms with van der Waals surface area (Å²) in [4.78, 5) is 22.1. The van der Waals surface area contributed by atoms with Crippen LogP contribution in [0.2, 0.25) is 0 Å². The Bertz CT molecular complexity index is 470. The van der Waals surface area contributed by atoms with Crippen molar-refractivity contribution in [2.24, 2.45) is 5.92 Å². The van der Waals surface area contributed by atoms with Gasteiger partial charge < -0.3 is 9.88 Å². The fourth-order valence-electron chi connectivity index (χ4n) is 3.28. The Balaban J connectivity index is 1.68. The Morgan fingerprint density at radius 3 is 3.11 bits per heavy atom. The van der Waals surface area contributed by atoms with Crippen LogP contribution in [0.25, 0.3) is 0 Å². The molecule has 5 nitrogen and oxygen atoms in total. The minimum absolute atomic E-state index is 0.105. The molecule has 0 bridgehead atoms. The van der Waals surface area contributed by atoms with Gasteiger partial charge in [0.05, 0.1) is 23.8 Å². The van der Waals surface area contributed by atoms with Crippen molar-refractivity contribution in [3.8, 4) is 0 Å². The normalized spacial score (nSPS) is 31.1. The van der Waals surface area contributed by atoms with Crippen LogP contribution in [0.5, 0.6) is 0 Å². The fourth-order valence-corrected chi connectivity index (χ4v) is 3.28. The van der Waals surface area contributed by atoms with Crippen molar-refractivity contribution in [2.75, 3.05) is 6.54 Å². The summed E-state index contributed by atoms with van der Waals surface area (Å²) in [6, 6.07) is 0.255. The topological polar surface area (TPSA) is 61.0 Å². The third-order valence-electron chi connectivity index (χ3n) is 4.45. The summed E-state index contributed by atoms with van der Waals surface area (Å²) in [7, 11) is 0. The van der Waals surface area contributed by atoms with Crippen LogP contribution in [-0.2, 0) is 17.8 Å². The molecule has 1 amide bonds. The zero-order valence-electron chi connectivity index (χ0n) is 11.6. The Morgan fingerprint density at radius 1 is 1.47 bits per heavy atom. The summed E-state index contributed by atoms with van der Waals surface area (Å²) in [6.45, 7) is 6.04. The number of aromatic nitrogens is 2. The van der Waals surface area contributed by atoms with Gasteiger partial charge in [0.25, 0.3) is 0 Å². The largest absolute Gasteiger partial charge is 0.347 e. The van der Waals surface area contributed by atoms with Gasteiger partial charge in [0.15, 0.2) is 0 Å². The van der Waals surface area contributed by atoms with Crippen LogP contribution in [0, 0.1) is 5.92 Å². The smallest absolute Gasteiger partial charge is 0.240 e. The number of piperidine rings is 1. The van der Waals surface area contributed by atoms with E-state index < -0.39 is 0 Å². The molecule has 3 atom stereocenters. The van der Waals surface area contributed by atoms with E-state index in [1.807, 2.05) is 0 Å². The molecule has 0 aromatic carbocycles. The van der Waals surface area contributed by atoms with E-state index >= 15 is 0 Å². The number of likely N-dealkylation sites (tertiary alicyclic amines) is 1. The zero-order valence-corrected chi connectivity index (χ0v) is 11.6. The van der Waals surface area contributed by atoms with Crippen molar-refractivity contribution >= 4 is 5.91 Å². The maximum absolute atomic E-state index is 12.6. The number of hydrogen-bond donors (Lipinski definition) is 2. The molecule has 19 heavy (non-hydrogen) atoms. The van der Waals surface area contributed by atoms with Crippen molar-refractivity contribution in [3.63, 3.8) is 0 Å². The van der Waals surface area contributed by atoms with E-state index in [2.05, 4.69) is 34.0 Å². The van der Waals surface area contributed by atoms with Gasteiger partial charge in [-0.1, -0.05) is 6.92 Å². The van der Waals surface area contributed by atoms with Gasteiger partial charge in [-0.05, 0) is 25.7 Å². The third kappa shape index (κ3) is 2.39. The molecule has 1 saturated heterocycles. The molecule has 2 aliphatic heterocycles. The Kier molecular flexibility index (Phi) is 3.31. The van der Waals surface area contributed by atoms with Crippen molar-refractivity contribution in [1.29, 1.82) is 0 Å². The lowest BCUT2D eigenvalue weighted by atomic mass is 9.92. The predicted molar refractivity (Wildman–Crippen MR) is 72.5 cm³/mol. The fraction of sp³-hybridized carbons (Fsp3) is 0.714. The number of nitrogens with zero attached hydrogens (tertiary/aromatic N) is 2. The average Bonchev–Trinajstić information content (AvgIpc) is 2.85. The molecule has 1 aromatic heterocycles. The summed E-state index contributed by atoms with van der Waals surface area (Å²) in [5.74, 6) is 0.976. The monoisotopic (exact) mass is 262 g/mol. The number of aromatic amines is 1. The second kappa shape index (κ2) is 4.96. The van der Waals surface area contributed by atoms with Crippen LogP contribution in [0.1, 0.15) is 38.1 Å². The molecule has 3 rings (SSSR count). The third-order valence-corrected chi connectivity index (χ3v) is 4.45. The van der Waals surface area contributed by atoms with E-state index in [0.717, 1.165) is 36.7 Å². The molecule has 0 saturated carbocycles. The van der Waals surface area contributed by atoms with Crippen LogP contribution < -0.4 is 5.32 Å². The van der Waals surface area contributed by atoms with E-state index in [1.165, 1.54) is 0 Å². The minimum Gasteiger partial charge on any atom is -0.347 e. The molecular weight excluding hydrogens is 240 g/mol. The lowest BCUT2D eigenvalue weighted by molar-refractivity contribution is -0.137. The highest BCUT2D eigenvalue weighted by molar-refractivity contribution is 5.82. The summed E-state index contributed by atoms with van der Waals surface area (Å²) in [6.07, 6.45) is 4.66. The highest BCUT2D eigenvalue weighted by Crippen LogP contribution is 2.24. The lowest BCUT2D eigenvalue weighted by Gasteiger charge is -2.39. The summed E-state index contributed by atoms with van der Waals surface area (Å²) >= 11 is 0. The number of carbonyl (C=O) groups is 1. The second-order valence-electron chi connectivity index (χ2n) is 5.98. The summed E-state index contributed by atoms with van der Waals surface area (Å²) in [5.41, 5.74) is 2.15. The SMILES string of the molecule is CC1CCN(C(=O)C2Cc3nc[nH]c3CN2)C(C)C1. The number of hydrogen-bond acceptors (Lipinski definition) is 3. The Morgan fingerprint density at radius 2 is 2.32 bits per heavy atom. The molecule has 0 spiro atoms. The van der Waals surface area contributed by atoms with Crippen molar-refractivity contribution < 1.29 is 4.79 Å². The van der Waals surface area contributed by atoms with Gasteiger partial charge in [-0.3, -0.25) is 10.1 Å². The molecule has 5 heteroatoms. The van der Waals surface area contributed by atoms with E-state index in [0.29, 0.717) is 19.0 Å². The van der Waals surface area contributed by atoms with Crippen LogP contribution in [0.4, 0.5) is 0 Å². The first-order valence-corrected chi connectivity index (χ1v) is 7.20. The van der Waals surface area contributed by atoms with Crippen LogP contribution in [0.15, 0.2) is 6.33 Å². The molecule has 3 unspecified atom stereocenters. The quantitative estimate of drug-likeness (QED) is 0.796. The van der Waals surface area contributed by atoms with Crippen LogP contribution in [0.3, 0.4) is 0 Å². The predicted octanol–water partition coefficient (Wildman–Crippen LogP) is 1.07. The number of nitrogens with one attached hydrogen (secondary N) is 2. The van der Waals surface area contributed by atoms with Gasteiger partial charge in [-0.15, -0.1) is 0 Å². The molecule has 1 aromatic rings. The summed E-state index contributed by atoms with van der Waals surface area (Å²) < 4.78 is 0. The molecule has 2 N–H and O–H groups in total. The first kappa shape index (κ1) is 12.7. The maximum Gasteiger partial charge on any atom is 0.240 e. The highest BCUT2D eigenvalue weighted by atomic mass is 16.2. The van der Waals surface area contributed by atoms with Gasteiger partial charge >= 0.3 is 0 Å². The van der Waals surface area contributed by atoms with Crippen molar-refractivity contribution in [1.82, 2.24) is 20.2 Å². The molecular formula is C14H22N4O. The van der Waals surface area contributed by atoms with Crippen molar-refractivity contribution in [3.05, 3.63) is 17.7 Å². The van der Waals surface area contributed by atoms with Gasteiger partial charge in [-0.25, -0.2) is 4.98 Å². The Hall–Kier alpha value is -1.36. The average molecular weight is 262 g/mol. The molecule has 104 valence electrons. The zero-order chi connectivity index (χ0) is 13.4. The van der Waals surface area contributed by atoms with Gasteiger partial charge in [0, 0.05) is 25.6 Å². The minimum atomic E-state index is -0.105. The molecule has 3 heterocycles. The molecule has 0 aliphatic carbocycles. The van der Waals surface area contributed by atoms with Gasteiger partial charge in [0.2, 0.25) is 5.91 Å². The first-order valence-electron chi connectivity index (χ1n) is 7.20. The number of H-pyrrole nitrogens is 1. The maximum atomic E-state index is 12.6. The first-order chi connectivity index (χ1) is 9.15. The standard InChI is InChI=1S/C14H22N4O/c1-9-3-4-18(10(2)5-9)14(19)12-6-11-13(7-15-12)17-8-16-11/h8-10,12,15H,3-7H2,1-2H3,(H,16,17). The number of amides is 1. The Labute approximate surface area is 113 Å². The van der Waals surface area contributed by atoms with Crippen LogP contribution >= 0.6 is 0 Å². The second-order valence-corrected chi connectivity index (χ2v) is 5.98. The summed E-state index contributed by atoms with van der Waals surface area (Å²) in [5, 5.41) is 3.33. The molecule has 1 fully saturated rings. The van der Waals surface area contributed by atoms with E-state index in [4.69, 9.17) is 0 Å². The van der Waals surface area contributed by atoms with Gasteiger partial charge in [0.1, 0.15) is 0 Å². The number of fused-ring (bicyclic) bond motifs is 1. The number of carbonyl (C=O) groups excluding carboxylic acids is 1. The number of rotatable bonds is 1.